The number of hydrogen-bond donors (Lipinski definition) is 2. The van der Waals surface area contributed by atoms with Crippen molar-refractivity contribution in [2.45, 2.75) is 6.92 Å². The topological polar surface area (TPSA) is 37.0 Å². The summed E-state index contributed by atoms with van der Waals surface area (Å²) in [4.78, 5) is 4.40. The maximum atomic E-state index is 6.17. The van der Waals surface area contributed by atoms with Crippen LogP contribution in [0.5, 0.6) is 0 Å². The number of aromatic nitrogens is 1. The monoisotopic (exact) mass is 437 g/mol. The molecule has 0 amide bonds. The van der Waals surface area contributed by atoms with Crippen LogP contribution >= 0.6 is 55.1 Å². The Morgan fingerprint density at radius 1 is 1.10 bits per heavy atom. The fraction of sp³-hybridized carbons (Fsp3) is 0.154. The summed E-state index contributed by atoms with van der Waals surface area (Å²) in [5.41, 5.74) is 0.868. The Morgan fingerprint density at radius 3 is 2.45 bits per heavy atom. The Kier molecular flexibility index (Phi) is 5.55. The molecule has 0 fully saturated rings. The number of pyridine rings is 1. The highest BCUT2D eigenvalue weighted by Gasteiger charge is 2.10. The van der Waals surface area contributed by atoms with E-state index >= 15 is 0 Å². The van der Waals surface area contributed by atoms with Crippen LogP contribution < -0.4 is 10.6 Å². The molecule has 1 aromatic heterocycles. The molecule has 0 radical (unpaired) electrons. The summed E-state index contributed by atoms with van der Waals surface area (Å²) < 4.78 is 1.89. The van der Waals surface area contributed by atoms with Gasteiger partial charge < -0.3 is 10.6 Å². The molecule has 0 aliphatic carbocycles. The van der Waals surface area contributed by atoms with Crippen LogP contribution in [0.3, 0.4) is 0 Å². The zero-order valence-corrected chi connectivity index (χ0v) is 15.2. The van der Waals surface area contributed by atoms with Crippen molar-refractivity contribution in [3.05, 3.63) is 43.3 Å². The third-order valence-corrected chi connectivity index (χ3v) is 4.18. The molecule has 0 spiro atoms. The van der Waals surface area contributed by atoms with Crippen LogP contribution in [-0.4, -0.2) is 11.5 Å². The minimum Gasteiger partial charge on any atom is -0.369 e. The SMILES string of the molecule is CCNc1nc(Nc2ccc(Br)cc2Br)c(Cl)cc1Cl. The van der Waals surface area contributed by atoms with Gasteiger partial charge in [-0.3, -0.25) is 0 Å². The number of nitrogens with one attached hydrogen (secondary N) is 2. The Morgan fingerprint density at radius 2 is 1.80 bits per heavy atom. The lowest BCUT2D eigenvalue weighted by Gasteiger charge is -2.13. The smallest absolute Gasteiger partial charge is 0.151 e. The molecule has 3 nitrogen and oxygen atoms in total. The van der Waals surface area contributed by atoms with Crippen LogP contribution in [0.4, 0.5) is 17.3 Å². The molecular weight excluding hydrogens is 429 g/mol. The lowest BCUT2D eigenvalue weighted by Crippen LogP contribution is -2.03. The minimum absolute atomic E-state index is 0.464. The standard InChI is InChI=1S/C13H11Br2Cl2N3/c1-2-18-12-9(16)6-10(17)13(20-12)19-11-4-3-7(14)5-8(11)15/h3-6H,2H2,1H3,(H2,18,19,20). The fourth-order valence-electron chi connectivity index (χ4n) is 1.56. The van der Waals surface area contributed by atoms with Crippen LogP contribution in [0.2, 0.25) is 10.0 Å². The largest absolute Gasteiger partial charge is 0.369 e. The first-order valence-electron chi connectivity index (χ1n) is 5.83. The second kappa shape index (κ2) is 6.98. The summed E-state index contributed by atoms with van der Waals surface area (Å²) in [6.45, 7) is 2.71. The van der Waals surface area contributed by atoms with Gasteiger partial charge >= 0.3 is 0 Å². The quantitative estimate of drug-likeness (QED) is 0.605. The van der Waals surface area contributed by atoms with E-state index < -0.39 is 0 Å². The normalized spacial score (nSPS) is 10.4. The molecule has 7 heteroatoms. The van der Waals surface area contributed by atoms with Crippen LogP contribution in [0.25, 0.3) is 0 Å². The van der Waals surface area contributed by atoms with Crippen LogP contribution in [0, 0.1) is 0 Å². The third-order valence-electron chi connectivity index (χ3n) is 2.46. The summed E-state index contributed by atoms with van der Waals surface area (Å²) >= 11 is 19.2. The molecule has 2 aromatic rings. The molecule has 0 unspecified atom stereocenters. The van der Waals surface area contributed by atoms with Gasteiger partial charge in [0, 0.05) is 15.5 Å². The summed E-state index contributed by atoms with van der Waals surface area (Å²) in [5, 5.41) is 7.24. The maximum absolute atomic E-state index is 6.17. The molecule has 106 valence electrons. The number of anilines is 3. The van der Waals surface area contributed by atoms with E-state index in [0.717, 1.165) is 21.2 Å². The van der Waals surface area contributed by atoms with Crippen molar-refractivity contribution in [2.75, 3.05) is 17.2 Å². The highest BCUT2D eigenvalue weighted by atomic mass is 79.9. The van der Waals surface area contributed by atoms with E-state index in [2.05, 4.69) is 47.5 Å². The third kappa shape index (κ3) is 3.79. The van der Waals surface area contributed by atoms with Crippen molar-refractivity contribution in [3.8, 4) is 0 Å². The van der Waals surface area contributed by atoms with Crippen LogP contribution in [-0.2, 0) is 0 Å². The summed E-state index contributed by atoms with van der Waals surface area (Å²) in [6, 6.07) is 7.47. The van der Waals surface area contributed by atoms with Gasteiger partial charge in [0.1, 0.15) is 5.82 Å². The first kappa shape index (κ1) is 15.9. The highest BCUT2D eigenvalue weighted by molar-refractivity contribution is 9.11. The molecular formula is C13H11Br2Cl2N3. The van der Waals surface area contributed by atoms with Gasteiger partial charge in [0.2, 0.25) is 0 Å². The molecule has 1 aromatic carbocycles. The number of hydrogen-bond acceptors (Lipinski definition) is 3. The predicted molar refractivity (Wildman–Crippen MR) is 93.5 cm³/mol. The molecule has 0 aliphatic rings. The molecule has 0 saturated heterocycles. The predicted octanol–water partition coefficient (Wildman–Crippen LogP) is 6.09. The van der Waals surface area contributed by atoms with Crippen molar-refractivity contribution in [1.29, 1.82) is 0 Å². The van der Waals surface area contributed by atoms with E-state index in [4.69, 9.17) is 23.2 Å². The summed E-state index contributed by atoms with van der Waals surface area (Å²) in [6.07, 6.45) is 0. The molecule has 0 saturated carbocycles. The van der Waals surface area contributed by atoms with E-state index in [1.165, 1.54) is 0 Å². The van der Waals surface area contributed by atoms with Crippen molar-refractivity contribution < 1.29 is 0 Å². The Hall–Kier alpha value is -0.490. The van der Waals surface area contributed by atoms with E-state index in [0.29, 0.717) is 21.7 Å². The lowest BCUT2D eigenvalue weighted by molar-refractivity contribution is 1.16. The van der Waals surface area contributed by atoms with Gasteiger partial charge in [-0.25, -0.2) is 4.98 Å². The Labute approximate surface area is 144 Å². The van der Waals surface area contributed by atoms with E-state index in [-0.39, 0.29) is 0 Å². The zero-order valence-electron chi connectivity index (χ0n) is 10.5. The molecule has 1 heterocycles. The van der Waals surface area contributed by atoms with E-state index in [1.807, 2.05) is 25.1 Å². The Bertz CT molecular complexity index is 635. The van der Waals surface area contributed by atoms with Gasteiger partial charge in [-0.2, -0.15) is 0 Å². The van der Waals surface area contributed by atoms with Gasteiger partial charge in [-0.15, -0.1) is 0 Å². The highest BCUT2D eigenvalue weighted by Crippen LogP contribution is 2.34. The molecule has 20 heavy (non-hydrogen) atoms. The van der Waals surface area contributed by atoms with Gasteiger partial charge in [-0.1, -0.05) is 39.1 Å². The van der Waals surface area contributed by atoms with Gasteiger partial charge in [-0.05, 0) is 47.1 Å². The molecule has 2 rings (SSSR count). The van der Waals surface area contributed by atoms with Crippen molar-refractivity contribution in [3.63, 3.8) is 0 Å². The number of nitrogens with zero attached hydrogens (tertiary/aromatic N) is 1. The maximum Gasteiger partial charge on any atom is 0.151 e. The van der Waals surface area contributed by atoms with Gasteiger partial charge in [0.25, 0.3) is 0 Å². The minimum atomic E-state index is 0.464. The second-order valence-corrected chi connectivity index (χ2v) is 6.51. The molecule has 0 atom stereocenters. The van der Waals surface area contributed by atoms with Crippen molar-refractivity contribution in [1.82, 2.24) is 4.98 Å². The zero-order chi connectivity index (χ0) is 14.7. The summed E-state index contributed by atoms with van der Waals surface area (Å²) in [7, 11) is 0. The molecule has 0 aliphatic heterocycles. The lowest BCUT2D eigenvalue weighted by atomic mass is 10.3. The van der Waals surface area contributed by atoms with Crippen LogP contribution in [0.1, 0.15) is 6.92 Å². The number of benzene rings is 1. The first-order chi connectivity index (χ1) is 9.51. The van der Waals surface area contributed by atoms with Gasteiger partial charge in [0.15, 0.2) is 5.82 Å². The molecule has 2 N–H and O–H groups in total. The average Bonchev–Trinajstić information content (AvgIpc) is 2.38. The number of halogens is 4. The average molecular weight is 440 g/mol. The Balaban J connectivity index is 2.35. The van der Waals surface area contributed by atoms with Gasteiger partial charge in [0.05, 0.1) is 15.7 Å². The van der Waals surface area contributed by atoms with E-state index in [9.17, 15) is 0 Å². The van der Waals surface area contributed by atoms with Crippen molar-refractivity contribution >= 4 is 72.4 Å². The van der Waals surface area contributed by atoms with E-state index in [1.54, 1.807) is 6.07 Å². The second-order valence-electron chi connectivity index (χ2n) is 3.93. The fourth-order valence-corrected chi connectivity index (χ4v) is 3.18. The number of rotatable bonds is 4. The molecule has 0 bridgehead atoms. The van der Waals surface area contributed by atoms with Crippen LogP contribution in [0.15, 0.2) is 33.2 Å². The van der Waals surface area contributed by atoms with Crippen molar-refractivity contribution in [2.24, 2.45) is 0 Å². The first-order valence-corrected chi connectivity index (χ1v) is 8.17. The summed E-state index contributed by atoms with van der Waals surface area (Å²) in [5.74, 6) is 1.16.